The first-order valence-corrected chi connectivity index (χ1v) is 18.8. The summed E-state index contributed by atoms with van der Waals surface area (Å²) >= 11 is 0. The van der Waals surface area contributed by atoms with Crippen LogP contribution in [0.15, 0.2) is 12.2 Å². The molecule has 1 amide bonds. The molecule has 0 bridgehead atoms. The Kier molecular flexibility index (Phi) is 7.94. The predicted molar refractivity (Wildman–Crippen MR) is 182 cm³/mol. The van der Waals surface area contributed by atoms with Crippen molar-refractivity contribution in [2.45, 2.75) is 157 Å². The smallest absolute Gasteiger partial charge is 0.226 e. The van der Waals surface area contributed by atoms with E-state index in [2.05, 4.69) is 79.1 Å². The van der Waals surface area contributed by atoms with E-state index < -0.39 is 0 Å². The molecule has 5 aliphatic carbocycles. The Bertz CT molecular complexity index is 1150. The predicted octanol–water partition coefficient (Wildman–Crippen LogP) is 8.78. The van der Waals surface area contributed by atoms with E-state index in [-0.39, 0.29) is 44.1 Å². The van der Waals surface area contributed by atoms with Crippen LogP contribution >= 0.6 is 0 Å². The fraction of sp³-hybridized carbons (Fsp3) is 0.925. The van der Waals surface area contributed by atoms with E-state index in [1.54, 1.807) is 0 Å². The van der Waals surface area contributed by atoms with E-state index in [1.165, 1.54) is 50.5 Å². The second-order valence-corrected chi connectivity index (χ2v) is 19.5. The van der Waals surface area contributed by atoms with Crippen LogP contribution in [0.2, 0.25) is 0 Å². The van der Waals surface area contributed by atoms with Gasteiger partial charge in [-0.3, -0.25) is 4.79 Å². The minimum atomic E-state index is -0.293. The van der Waals surface area contributed by atoms with Crippen molar-refractivity contribution >= 4 is 5.91 Å². The molecule has 10 atom stereocenters. The van der Waals surface area contributed by atoms with Crippen LogP contribution in [-0.4, -0.2) is 47.2 Å². The van der Waals surface area contributed by atoms with Crippen LogP contribution in [-0.2, 0) is 4.79 Å². The minimum Gasteiger partial charge on any atom is -0.393 e. The highest BCUT2D eigenvalue weighted by Gasteiger charge is 2.75. The number of aliphatic hydroxyl groups is 1. The van der Waals surface area contributed by atoms with E-state index in [0.29, 0.717) is 29.6 Å². The van der Waals surface area contributed by atoms with Gasteiger partial charge in [0.1, 0.15) is 0 Å². The summed E-state index contributed by atoms with van der Waals surface area (Å²) < 4.78 is 0. The maximum Gasteiger partial charge on any atom is 0.226 e. The highest BCUT2D eigenvalue weighted by molar-refractivity contribution is 5.84. The van der Waals surface area contributed by atoms with Crippen LogP contribution in [0, 0.1) is 56.2 Å². The summed E-state index contributed by atoms with van der Waals surface area (Å²) in [7, 11) is 0. The number of allylic oxidation sites excluding steroid dienone is 1. The van der Waals surface area contributed by atoms with E-state index in [4.69, 9.17) is 0 Å². The lowest BCUT2D eigenvalue weighted by atomic mass is 9.29. The molecule has 0 aromatic heterocycles. The van der Waals surface area contributed by atoms with Gasteiger partial charge in [-0.2, -0.15) is 0 Å². The van der Waals surface area contributed by atoms with Crippen LogP contribution < -0.4 is 5.32 Å². The zero-order chi connectivity index (χ0) is 32.1. The molecular weight excluding hydrogens is 540 g/mol. The van der Waals surface area contributed by atoms with Gasteiger partial charge in [0.2, 0.25) is 5.91 Å². The average molecular weight is 609 g/mol. The number of carbonyl (C=O) groups is 1. The first-order valence-electron chi connectivity index (χ1n) is 18.8. The first-order chi connectivity index (χ1) is 20.4. The normalized spacial score (nSPS) is 48.8. The highest BCUT2D eigenvalue weighted by Crippen LogP contribution is 2.81. The molecule has 0 spiro atoms. The molecular formula is C40H68N2O2. The molecule has 6 rings (SSSR count). The lowest BCUT2D eigenvalue weighted by Gasteiger charge is -2.76. The third-order valence-electron chi connectivity index (χ3n) is 16.8. The molecule has 1 heterocycles. The lowest BCUT2D eigenvalue weighted by molar-refractivity contribution is -0.275. The summed E-state index contributed by atoms with van der Waals surface area (Å²) in [6, 6.07) is 0. The maximum absolute atomic E-state index is 14.9. The second-order valence-electron chi connectivity index (χ2n) is 19.5. The molecule has 4 heteroatoms. The maximum atomic E-state index is 14.9. The summed E-state index contributed by atoms with van der Waals surface area (Å²) in [5, 5.41) is 14.8. The van der Waals surface area contributed by atoms with Crippen LogP contribution in [0.1, 0.15) is 146 Å². The van der Waals surface area contributed by atoms with E-state index in [9.17, 15) is 9.90 Å². The number of carbonyl (C=O) groups excluding carboxylic acids is 1. The van der Waals surface area contributed by atoms with Gasteiger partial charge in [-0.25, -0.2) is 0 Å². The molecule has 250 valence electrons. The highest BCUT2D eigenvalue weighted by atomic mass is 16.3. The Balaban J connectivity index is 1.34. The number of hydrogen-bond donors (Lipinski definition) is 2. The largest absolute Gasteiger partial charge is 0.393 e. The number of fused-ring (bicyclic) bond motifs is 7. The van der Waals surface area contributed by atoms with Gasteiger partial charge < -0.3 is 15.3 Å². The number of hydrogen-bond acceptors (Lipinski definition) is 3. The third-order valence-corrected chi connectivity index (χ3v) is 16.8. The Labute approximate surface area is 271 Å². The summed E-state index contributed by atoms with van der Waals surface area (Å²) in [5.41, 5.74) is 1.53. The van der Waals surface area contributed by atoms with Crippen molar-refractivity contribution in [1.82, 2.24) is 10.2 Å². The van der Waals surface area contributed by atoms with Crippen molar-refractivity contribution in [2.24, 2.45) is 56.2 Å². The van der Waals surface area contributed by atoms with Gasteiger partial charge in [0.05, 0.1) is 11.5 Å². The Morgan fingerprint density at radius 1 is 0.841 bits per heavy atom. The molecule has 1 saturated heterocycles. The molecule has 0 radical (unpaired) electrons. The molecule has 4 nitrogen and oxygen atoms in total. The number of nitrogens with zero attached hydrogens (tertiary/aromatic N) is 1. The van der Waals surface area contributed by atoms with Gasteiger partial charge in [-0.05, 0) is 162 Å². The standard InChI is InChI=1S/C40H68N2O2/c1-27(2)28-14-21-40(33(44)41-34(3,4)26-42-24-12-11-13-25-42)23-22-39(10)37(8)19-15-29-35(5,6)31(43)17-18-36(29,7)30(37)16-20-38(39,9)32(28)40/h28-32,43H,1,11-26H2,2-10H3,(H,41,44)/t28-,29-,30+,31-,32+,36-,37+,38?,39-,40-/m0/s1. The number of rotatable bonds is 5. The monoisotopic (exact) mass is 609 g/mol. The first kappa shape index (κ1) is 33.0. The molecule has 0 aromatic carbocycles. The Morgan fingerprint density at radius 3 is 2.14 bits per heavy atom. The summed E-state index contributed by atoms with van der Waals surface area (Å²) in [5.74, 6) is 2.38. The van der Waals surface area contributed by atoms with Crippen LogP contribution in [0.25, 0.3) is 0 Å². The lowest BCUT2D eigenvalue weighted by Crippen LogP contribution is -2.71. The third kappa shape index (κ3) is 4.44. The summed E-state index contributed by atoms with van der Waals surface area (Å²) in [4.78, 5) is 17.4. The van der Waals surface area contributed by atoms with Gasteiger partial charge in [0.25, 0.3) is 0 Å². The molecule has 1 aliphatic heterocycles. The van der Waals surface area contributed by atoms with Crippen molar-refractivity contribution in [2.75, 3.05) is 19.6 Å². The molecule has 2 N–H and O–H groups in total. The molecule has 5 saturated carbocycles. The number of aliphatic hydroxyl groups excluding tert-OH is 1. The number of nitrogens with one attached hydrogen (secondary N) is 1. The average Bonchev–Trinajstić information content (AvgIpc) is 3.35. The van der Waals surface area contributed by atoms with Gasteiger partial charge in [0, 0.05) is 12.1 Å². The summed E-state index contributed by atoms with van der Waals surface area (Å²) in [6.45, 7) is 30.0. The SMILES string of the molecule is C=C(C)[C@@H]1CC[C@]2(C(=O)NC(C)(C)CN3CCCCC3)CC[C@]3(C)C(C)(CC[C@@H]4[C@@]5(C)CC[C@H](O)C(C)(C)[C@@H]5CC[C@]43C)[C@@H]12. The fourth-order valence-electron chi connectivity index (χ4n) is 14.3. The van der Waals surface area contributed by atoms with Gasteiger partial charge >= 0.3 is 0 Å². The quantitative estimate of drug-likeness (QED) is 0.307. The van der Waals surface area contributed by atoms with Crippen LogP contribution in [0.5, 0.6) is 0 Å². The van der Waals surface area contributed by atoms with Crippen molar-refractivity contribution in [3.05, 3.63) is 12.2 Å². The zero-order valence-corrected chi connectivity index (χ0v) is 30.2. The Morgan fingerprint density at radius 2 is 1.48 bits per heavy atom. The van der Waals surface area contributed by atoms with E-state index in [1.807, 2.05) is 0 Å². The van der Waals surface area contributed by atoms with E-state index >= 15 is 0 Å². The number of piperidine rings is 1. The van der Waals surface area contributed by atoms with Gasteiger partial charge in [0.15, 0.2) is 0 Å². The van der Waals surface area contributed by atoms with Gasteiger partial charge in [-0.1, -0.05) is 60.1 Å². The van der Waals surface area contributed by atoms with Gasteiger partial charge in [-0.15, -0.1) is 0 Å². The zero-order valence-electron chi connectivity index (χ0n) is 30.2. The molecule has 6 aliphatic rings. The summed E-state index contributed by atoms with van der Waals surface area (Å²) in [6.07, 6.45) is 15.1. The Hall–Kier alpha value is -0.870. The minimum absolute atomic E-state index is 0.0205. The fourth-order valence-corrected chi connectivity index (χ4v) is 14.3. The van der Waals surface area contributed by atoms with E-state index in [0.717, 1.165) is 58.2 Å². The van der Waals surface area contributed by atoms with Crippen molar-refractivity contribution in [1.29, 1.82) is 0 Å². The molecule has 0 aromatic rings. The second kappa shape index (κ2) is 10.6. The van der Waals surface area contributed by atoms with Crippen molar-refractivity contribution < 1.29 is 9.90 Å². The topological polar surface area (TPSA) is 52.6 Å². The van der Waals surface area contributed by atoms with Crippen molar-refractivity contribution in [3.63, 3.8) is 0 Å². The molecule has 44 heavy (non-hydrogen) atoms. The van der Waals surface area contributed by atoms with Crippen LogP contribution in [0.3, 0.4) is 0 Å². The molecule has 1 unspecified atom stereocenters. The van der Waals surface area contributed by atoms with Crippen molar-refractivity contribution in [3.8, 4) is 0 Å². The number of likely N-dealkylation sites (tertiary alicyclic amines) is 1. The van der Waals surface area contributed by atoms with Crippen LogP contribution in [0.4, 0.5) is 0 Å². The molecule has 6 fully saturated rings. The number of amides is 1.